The number of carbonyl (C=O) groups is 2. The van der Waals surface area contributed by atoms with Crippen LogP contribution in [0.5, 0.6) is 0 Å². The number of carboxylic acid groups (broad SMARTS) is 1. The van der Waals surface area contributed by atoms with E-state index in [0.717, 1.165) is 19.2 Å². The Morgan fingerprint density at radius 2 is 2.20 bits per heavy atom. The van der Waals surface area contributed by atoms with Crippen molar-refractivity contribution < 1.29 is 19.1 Å². The minimum Gasteiger partial charge on any atom is -0.476 e. The van der Waals surface area contributed by atoms with Crippen LogP contribution in [0.4, 0.5) is 0 Å². The first-order valence-electron chi connectivity index (χ1n) is 8.40. The first-order chi connectivity index (χ1) is 12.1. The van der Waals surface area contributed by atoms with Crippen molar-refractivity contribution in [2.45, 2.75) is 56.7 Å². The van der Waals surface area contributed by atoms with Crippen molar-refractivity contribution in [1.82, 2.24) is 9.88 Å². The Kier molecular flexibility index (Phi) is 4.83. The number of likely N-dealkylation sites (tertiary alicyclic amines) is 1. The number of hydrogen-bond acceptors (Lipinski definition) is 6. The number of rotatable bonds is 7. The van der Waals surface area contributed by atoms with Gasteiger partial charge in [0.05, 0.1) is 6.04 Å². The number of aromatic carboxylic acids is 1. The predicted molar refractivity (Wildman–Crippen MR) is 86.7 cm³/mol. The Morgan fingerprint density at radius 1 is 1.40 bits per heavy atom. The predicted octanol–water partition coefficient (Wildman–Crippen LogP) is 2.78. The van der Waals surface area contributed by atoms with E-state index in [1.54, 1.807) is 4.90 Å². The number of carboxylic acids is 1. The van der Waals surface area contributed by atoms with Crippen LogP contribution in [0.25, 0.3) is 0 Å². The van der Waals surface area contributed by atoms with Crippen LogP contribution < -0.4 is 0 Å². The number of oxazole rings is 1. The fraction of sp³-hybridized carbons (Fsp3) is 0.588. The second kappa shape index (κ2) is 7.05. The van der Waals surface area contributed by atoms with E-state index in [0.29, 0.717) is 38.6 Å². The molecule has 25 heavy (non-hydrogen) atoms. The molecule has 1 amide bonds. The quantitative estimate of drug-likeness (QED) is 0.765. The van der Waals surface area contributed by atoms with E-state index in [1.165, 1.54) is 0 Å². The van der Waals surface area contributed by atoms with Crippen molar-refractivity contribution in [2.75, 3.05) is 6.54 Å². The summed E-state index contributed by atoms with van der Waals surface area (Å²) >= 11 is 0. The summed E-state index contributed by atoms with van der Waals surface area (Å²) in [5.41, 5.74) is -0.617. The van der Waals surface area contributed by atoms with Crippen LogP contribution in [0.15, 0.2) is 21.0 Å². The molecule has 1 aromatic rings. The largest absolute Gasteiger partial charge is 0.476 e. The van der Waals surface area contributed by atoms with Crippen molar-refractivity contribution in [3.8, 4) is 12.3 Å². The highest BCUT2D eigenvalue weighted by Gasteiger charge is 2.41. The number of terminal acetylenes is 1. The summed E-state index contributed by atoms with van der Waals surface area (Å²) < 4.78 is 5.31. The zero-order chi connectivity index (χ0) is 17.9. The molecule has 3 rings (SSSR count). The van der Waals surface area contributed by atoms with Crippen LogP contribution in [0.3, 0.4) is 0 Å². The van der Waals surface area contributed by atoms with Crippen molar-refractivity contribution in [1.29, 1.82) is 0 Å². The van der Waals surface area contributed by atoms with E-state index < -0.39 is 11.6 Å². The molecule has 1 fully saturated rings. The van der Waals surface area contributed by atoms with Crippen LogP contribution in [-0.2, 0) is 4.79 Å². The first-order valence-corrected chi connectivity index (χ1v) is 8.40. The molecule has 1 aromatic heterocycles. The highest BCUT2D eigenvalue weighted by atomic mass is 16.4. The number of carbonyl (C=O) groups excluding carboxylic acids is 1. The molecule has 1 atom stereocenters. The Morgan fingerprint density at radius 3 is 2.88 bits per heavy atom. The molecular formula is C17H20N4O4. The first kappa shape index (κ1) is 17.1. The van der Waals surface area contributed by atoms with Crippen LogP contribution in [-0.4, -0.2) is 39.1 Å². The number of aromatic nitrogens is 1. The third kappa shape index (κ3) is 3.71. The van der Waals surface area contributed by atoms with Crippen molar-refractivity contribution in [3.63, 3.8) is 0 Å². The van der Waals surface area contributed by atoms with Gasteiger partial charge in [-0.15, -0.1) is 12.3 Å². The average Bonchev–Trinajstić information content (AvgIpc) is 3.21. The maximum absolute atomic E-state index is 12.7. The van der Waals surface area contributed by atoms with Crippen LogP contribution in [0, 0.1) is 12.3 Å². The number of piperidine rings is 1. The van der Waals surface area contributed by atoms with Gasteiger partial charge in [-0.2, -0.15) is 10.2 Å². The SMILES string of the molecule is C#CCCC1(CCC(=O)N2CCCCC2c2ocnc2C(=O)O)N=N1. The Balaban J connectivity index is 1.66. The molecule has 3 heterocycles. The highest BCUT2D eigenvalue weighted by molar-refractivity contribution is 5.87. The zero-order valence-corrected chi connectivity index (χ0v) is 13.8. The monoisotopic (exact) mass is 344 g/mol. The lowest BCUT2D eigenvalue weighted by Gasteiger charge is -2.34. The van der Waals surface area contributed by atoms with Crippen molar-refractivity contribution >= 4 is 11.9 Å². The molecule has 0 bridgehead atoms. The molecule has 0 aromatic carbocycles. The molecule has 0 radical (unpaired) electrons. The van der Waals surface area contributed by atoms with E-state index in [1.807, 2.05) is 0 Å². The van der Waals surface area contributed by atoms with Gasteiger partial charge < -0.3 is 14.4 Å². The van der Waals surface area contributed by atoms with E-state index in [4.69, 9.17) is 10.8 Å². The Bertz CT molecular complexity index is 727. The van der Waals surface area contributed by atoms with Gasteiger partial charge in [0.1, 0.15) is 0 Å². The third-order valence-corrected chi connectivity index (χ3v) is 4.72. The minimum absolute atomic E-state index is 0.0465. The highest BCUT2D eigenvalue weighted by Crippen LogP contribution is 2.39. The molecule has 1 unspecified atom stereocenters. The van der Waals surface area contributed by atoms with Gasteiger partial charge in [0, 0.05) is 32.2 Å². The minimum atomic E-state index is -1.15. The van der Waals surface area contributed by atoms with Gasteiger partial charge >= 0.3 is 5.97 Å². The zero-order valence-electron chi connectivity index (χ0n) is 13.8. The molecular weight excluding hydrogens is 324 g/mol. The lowest BCUT2D eigenvalue weighted by atomic mass is 9.96. The normalized spacial score (nSPS) is 20.9. The maximum Gasteiger partial charge on any atom is 0.358 e. The summed E-state index contributed by atoms with van der Waals surface area (Å²) in [5.74, 6) is 1.63. The van der Waals surface area contributed by atoms with Gasteiger partial charge in [-0.3, -0.25) is 4.79 Å². The number of nitrogens with zero attached hydrogens (tertiary/aromatic N) is 4. The summed E-state index contributed by atoms with van der Waals surface area (Å²) in [4.78, 5) is 29.5. The van der Waals surface area contributed by atoms with Crippen LogP contribution >= 0.6 is 0 Å². The van der Waals surface area contributed by atoms with Crippen molar-refractivity contribution in [3.05, 3.63) is 17.8 Å². The second-order valence-corrected chi connectivity index (χ2v) is 6.36. The van der Waals surface area contributed by atoms with Gasteiger partial charge in [0.25, 0.3) is 0 Å². The fourth-order valence-corrected chi connectivity index (χ4v) is 3.27. The van der Waals surface area contributed by atoms with Gasteiger partial charge in [-0.25, -0.2) is 9.78 Å². The summed E-state index contributed by atoms with van der Waals surface area (Å²) in [6.07, 6.45) is 10.9. The molecule has 1 N–H and O–H groups in total. The fourth-order valence-electron chi connectivity index (χ4n) is 3.27. The molecule has 132 valence electrons. The third-order valence-electron chi connectivity index (χ3n) is 4.72. The molecule has 2 aliphatic rings. The van der Waals surface area contributed by atoms with E-state index in [-0.39, 0.29) is 23.4 Å². The number of amides is 1. The smallest absolute Gasteiger partial charge is 0.358 e. The number of hydrogen-bond donors (Lipinski definition) is 1. The standard InChI is InChI=1S/C17H20N4O4/c1-2-3-8-17(19-20-17)9-7-13(22)21-10-5-4-6-12(21)15-14(16(23)24)18-11-25-15/h1,11-12H,3-10H2,(H,23,24). The van der Waals surface area contributed by atoms with Crippen LogP contribution in [0.2, 0.25) is 0 Å². The van der Waals surface area contributed by atoms with Gasteiger partial charge in [-0.1, -0.05) is 0 Å². The molecule has 8 nitrogen and oxygen atoms in total. The van der Waals surface area contributed by atoms with Crippen molar-refractivity contribution in [2.24, 2.45) is 10.2 Å². The topological polar surface area (TPSA) is 108 Å². The molecule has 0 spiro atoms. The average molecular weight is 344 g/mol. The van der Waals surface area contributed by atoms with E-state index >= 15 is 0 Å². The van der Waals surface area contributed by atoms with E-state index in [2.05, 4.69) is 21.1 Å². The Hall–Kier alpha value is -2.69. The molecule has 0 saturated carbocycles. The van der Waals surface area contributed by atoms with Gasteiger partial charge in [0.2, 0.25) is 5.91 Å². The van der Waals surface area contributed by atoms with E-state index in [9.17, 15) is 14.7 Å². The lowest BCUT2D eigenvalue weighted by Crippen LogP contribution is -2.39. The maximum atomic E-state index is 12.7. The second-order valence-electron chi connectivity index (χ2n) is 6.36. The lowest BCUT2D eigenvalue weighted by molar-refractivity contribution is -0.135. The van der Waals surface area contributed by atoms with Gasteiger partial charge in [-0.05, 0) is 19.3 Å². The summed E-state index contributed by atoms with van der Waals surface area (Å²) in [7, 11) is 0. The summed E-state index contributed by atoms with van der Waals surface area (Å²) in [5, 5.41) is 17.3. The molecule has 8 heteroatoms. The summed E-state index contributed by atoms with van der Waals surface area (Å²) in [6, 6.07) is -0.385. The molecule has 1 saturated heterocycles. The van der Waals surface area contributed by atoms with Gasteiger partial charge in [0.15, 0.2) is 23.5 Å². The molecule has 0 aliphatic carbocycles. The summed E-state index contributed by atoms with van der Waals surface area (Å²) in [6.45, 7) is 0.578. The van der Waals surface area contributed by atoms with Crippen LogP contribution in [0.1, 0.15) is 67.2 Å². The molecule has 2 aliphatic heterocycles. The Labute approximate surface area is 145 Å².